The van der Waals surface area contributed by atoms with Crippen LogP contribution in [0.4, 0.5) is 8.78 Å². The zero-order chi connectivity index (χ0) is 25.5. The Balaban J connectivity index is 2.33. The summed E-state index contributed by atoms with van der Waals surface area (Å²) >= 11 is 0. The second-order valence-corrected chi connectivity index (χ2v) is 10.6. The van der Waals surface area contributed by atoms with Crippen LogP contribution in [0.2, 0.25) is 0 Å². The number of nitrogens with zero attached hydrogens (tertiary/aromatic N) is 1. The van der Waals surface area contributed by atoms with Crippen LogP contribution < -0.4 is 11.2 Å². The van der Waals surface area contributed by atoms with Gasteiger partial charge in [-0.25, -0.2) is 27.3 Å². The summed E-state index contributed by atoms with van der Waals surface area (Å²) in [6, 6.07) is 0.722. The Morgan fingerprint density at radius 1 is 1.21 bits per heavy atom. The molecule has 0 amide bonds. The molecule has 0 bridgehead atoms. The molecule has 1 aliphatic rings. The molecule has 6 N–H and O–H groups in total. The Labute approximate surface area is 180 Å². The van der Waals surface area contributed by atoms with Gasteiger partial charge in [-0.1, -0.05) is 6.58 Å². The molecule has 0 aliphatic carbocycles. The number of halogens is 2. The molecular formula is C12H15F2N2O14P3. The molecule has 2 rings (SSSR count). The first kappa shape index (κ1) is 27.6. The molecule has 1 fully saturated rings. The first-order chi connectivity index (χ1) is 14.8. The number of aliphatic hydroxyl groups is 1. The van der Waals surface area contributed by atoms with Gasteiger partial charge in [-0.2, -0.15) is 8.62 Å². The lowest BCUT2D eigenvalue weighted by Crippen LogP contribution is -2.48. The number of aromatic nitrogens is 2. The maximum absolute atomic E-state index is 15.5. The fourth-order valence-electron chi connectivity index (χ4n) is 2.58. The number of hydrogen-bond donors (Lipinski definition) is 6. The van der Waals surface area contributed by atoms with E-state index in [0.717, 1.165) is 6.07 Å². The van der Waals surface area contributed by atoms with Gasteiger partial charge in [0, 0.05) is 18.3 Å². The number of aromatic amines is 1. The number of H-pyrrole nitrogens is 1. The van der Waals surface area contributed by atoms with Crippen molar-refractivity contribution in [3.63, 3.8) is 0 Å². The van der Waals surface area contributed by atoms with Gasteiger partial charge < -0.3 is 29.4 Å². The largest absolute Gasteiger partial charge is 0.490 e. The SMILES string of the molecule is C=C=C[C@]1(F)[C@H](n2ccc(=O)[nH]c2=O)O[C@](F)(COP(=O)(O)OP(=O)(O)OP(=O)(O)O)[C@H]1O. The molecule has 0 spiro atoms. The maximum atomic E-state index is 15.5. The highest BCUT2D eigenvalue weighted by Crippen LogP contribution is 2.66. The van der Waals surface area contributed by atoms with Crippen LogP contribution in [0, 0.1) is 0 Å². The van der Waals surface area contributed by atoms with E-state index in [4.69, 9.17) is 19.4 Å². The van der Waals surface area contributed by atoms with Gasteiger partial charge in [0.15, 0.2) is 12.3 Å². The van der Waals surface area contributed by atoms with E-state index in [0.29, 0.717) is 16.8 Å². The van der Waals surface area contributed by atoms with Crippen molar-refractivity contribution in [1.82, 2.24) is 9.55 Å². The number of ether oxygens (including phenoxy) is 1. The Kier molecular flexibility index (Phi) is 7.71. The van der Waals surface area contributed by atoms with Crippen LogP contribution in [0.3, 0.4) is 0 Å². The highest BCUT2D eigenvalue weighted by Gasteiger charge is 2.66. The van der Waals surface area contributed by atoms with Crippen molar-refractivity contribution in [2.75, 3.05) is 6.61 Å². The number of alkyl halides is 2. The molecule has 0 saturated carbocycles. The lowest BCUT2D eigenvalue weighted by atomic mass is 9.95. The molecule has 1 aromatic heterocycles. The molecule has 0 aromatic carbocycles. The molecule has 1 aromatic rings. The molecule has 33 heavy (non-hydrogen) atoms. The van der Waals surface area contributed by atoms with Crippen molar-refractivity contribution in [3.05, 3.63) is 51.5 Å². The predicted octanol–water partition coefficient (Wildman–Crippen LogP) is -0.515. The van der Waals surface area contributed by atoms with E-state index >= 15 is 8.78 Å². The Hall–Kier alpha value is -1.61. The van der Waals surface area contributed by atoms with Crippen molar-refractivity contribution in [3.8, 4) is 0 Å². The van der Waals surface area contributed by atoms with Gasteiger partial charge in [-0.3, -0.25) is 18.9 Å². The van der Waals surface area contributed by atoms with Crippen molar-refractivity contribution in [2.24, 2.45) is 0 Å². The Morgan fingerprint density at radius 3 is 2.33 bits per heavy atom. The molecule has 2 heterocycles. The summed E-state index contributed by atoms with van der Waals surface area (Å²) < 4.78 is 80.3. The topological polar surface area (TPSA) is 244 Å². The maximum Gasteiger partial charge on any atom is 0.490 e. The molecule has 1 aliphatic heterocycles. The van der Waals surface area contributed by atoms with Crippen LogP contribution in [0.25, 0.3) is 0 Å². The molecule has 2 unspecified atom stereocenters. The third-order valence-electron chi connectivity index (χ3n) is 3.78. The minimum absolute atomic E-state index is 0.310. The summed E-state index contributed by atoms with van der Waals surface area (Å²) in [5.41, 5.74) is -3.66. The average Bonchev–Trinajstić information content (AvgIpc) is 2.80. The number of nitrogens with one attached hydrogen (secondary N) is 1. The van der Waals surface area contributed by atoms with Crippen molar-refractivity contribution >= 4 is 23.5 Å². The normalized spacial score (nSPS) is 31.4. The van der Waals surface area contributed by atoms with Gasteiger partial charge in [-0.05, 0) is 0 Å². The van der Waals surface area contributed by atoms with Crippen LogP contribution in [0.15, 0.2) is 40.2 Å². The van der Waals surface area contributed by atoms with Gasteiger partial charge in [0.05, 0.1) is 0 Å². The zero-order valence-electron chi connectivity index (χ0n) is 15.8. The molecule has 1 saturated heterocycles. The zero-order valence-corrected chi connectivity index (χ0v) is 18.4. The second kappa shape index (κ2) is 9.21. The first-order valence-electron chi connectivity index (χ1n) is 8.05. The first-order valence-corrected chi connectivity index (χ1v) is 12.6. The van der Waals surface area contributed by atoms with E-state index in [9.17, 15) is 33.3 Å². The second-order valence-electron chi connectivity index (χ2n) is 6.22. The summed E-state index contributed by atoms with van der Waals surface area (Å²) in [6.45, 7) is 1.14. The lowest BCUT2D eigenvalue weighted by molar-refractivity contribution is -0.204. The highest BCUT2D eigenvalue weighted by molar-refractivity contribution is 7.66. The number of phosphoric ester groups is 1. The van der Waals surface area contributed by atoms with Gasteiger partial charge >= 0.3 is 29.2 Å². The molecule has 21 heteroatoms. The number of phosphoric acid groups is 3. The average molecular weight is 542 g/mol. The van der Waals surface area contributed by atoms with E-state index in [1.807, 2.05) is 5.73 Å². The molecule has 186 valence electrons. The lowest BCUT2D eigenvalue weighted by Gasteiger charge is -2.26. The number of hydrogen-bond acceptors (Lipinski definition) is 10. The van der Waals surface area contributed by atoms with E-state index in [1.54, 1.807) is 4.98 Å². The third-order valence-corrected chi connectivity index (χ3v) is 7.56. The van der Waals surface area contributed by atoms with Crippen LogP contribution >= 0.6 is 23.5 Å². The fourth-order valence-corrected chi connectivity index (χ4v) is 5.61. The monoisotopic (exact) mass is 542 g/mol. The predicted molar refractivity (Wildman–Crippen MR) is 98.7 cm³/mol. The Morgan fingerprint density at radius 2 is 1.82 bits per heavy atom. The summed E-state index contributed by atoms with van der Waals surface area (Å²) in [5, 5.41) is 10.2. The van der Waals surface area contributed by atoms with E-state index in [-0.39, 0.29) is 0 Å². The minimum Gasteiger partial charge on any atom is -0.383 e. The van der Waals surface area contributed by atoms with Crippen LogP contribution in [-0.4, -0.2) is 58.5 Å². The van der Waals surface area contributed by atoms with Crippen molar-refractivity contribution < 1.29 is 65.0 Å². The summed E-state index contributed by atoms with van der Waals surface area (Å²) in [5.74, 6) is -3.76. The summed E-state index contributed by atoms with van der Waals surface area (Å²) in [4.78, 5) is 60.3. The van der Waals surface area contributed by atoms with Crippen molar-refractivity contribution in [1.29, 1.82) is 0 Å². The van der Waals surface area contributed by atoms with Gasteiger partial charge in [0.1, 0.15) is 6.61 Å². The minimum atomic E-state index is -5.95. The number of aliphatic hydroxyl groups excluding tert-OH is 1. The third kappa shape index (κ3) is 6.50. The summed E-state index contributed by atoms with van der Waals surface area (Å²) in [6.07, 6.45) is -4.25. The van der Waals surface area contributed by atoms with Crippen LogP contribution in [-0.2, 0) is 31.6 Å². The molecule has 0 radical (unpaired) electrons. The van der Waals surface area contributed by atoms with E-state index in [1.165, 1.54) is 0 Å². The van der Waals surface area contributed by atoms with Gasteiger partial charge in [0.2, 0.25) is 5.67 Å². The number of rotatable bonds is 9. The highest BCUT2D eigenvalue weighted by atomic mass is 31.3. The van der Waals surface area contributed by atoms with Crippen LogP contribution in [0.1, 0.15) is 6.23 Å². The van der Waals surface area contributed by atoms with Crippen LogP contribution in [0.5, 0.6) is 0 Å². The molecule has 6 atom stereocenters. The Bertz CT molecular complexity index is 1220. The standard InChI is InChI=1S/C12H15F2N2O14P3/c1-2-4-11(13)8(18)12(14,28-9(11)16-5-3-7(17)15-10(16)19)6-27-32(23,24)30-33(25,26)29-31(20,21)22/h3-5,8-9,18H,1,6H2,(H,23,24)(H,25,26)(H,15,17,19)(H2,20,21,22)/t8-,9+,11+,12+/m0/s1. The van der Waals surface area contributed by atoms with E-state index < -0.39 is 65.2 Å². The molecular weight excluding hydrogens is 527 g/mol. The smallest absolute Gasteiger partial charge is 0.383 e. The fraction of sp³-hybridized carbons (Fsp3) is 0.417. The summed E-state index contributed by atoms with van der Waals surface area (Å²) in [7, 11) is -17.5. The van der Waals surface area contributed by atoms with Gasteiger partial charge in [-0.15, -0.1) is 5.73 Å². The van der Waals surface area contributed by atoms with Gasteiger partial charge in [0.25, 0.3) is 11.4 Å². The van der Waals surface area contributed by atoms with E-state index in [2.05, 4.69) is 19.7 Å². The molecule has 16 nitrogen and oxygen atoms in total. The van der Waals surface area contributed by atoms with Crippen molar-refractivity contribution in [2.45, 2.75) is 23.9 Å². The quantitative estimate of drug-likeness (QED) is 0.170.